The Morgan fingerprint density at radius 3 is 2.84 bits per heavy atom. The Bertz CT molecular complexity index is 619. The smallest absolute Gasteiger partial charge is 0.255 e. The molecular weight excluding hydrogens is 332 g/mol. The van der Waals surface area contributed by atoms with Gasteiger partial charge in [-0.05, 0) is 46.3 Å². The molecule has 2 rings (SSSR count). The maximum absolute atomic E-state index is 12.1. The van der Waals surface area contributed by atoms with Gasteiger partial charge in [-0.3, -0.25) is 4.79 Å². The summed E-state index contributed by atoms with van der Waals surface area (Å²) in [7, 11) is 1.53. The van der Waals surface area contributed by atoms with E-state index in [1.807, 2.05) is 0 Å². The van der Waals surface area contributed by atoms with Crippen molar-refractivity contribution in [1.82, 2.24) is 4.98 Å². The van der Waals surface area contributed by atoms with Crippen LogP contribution in [0.5, 0.6) is 5.75 Å². The number of halogens is 2. The van der Waals surface area contributed by atoms with Crippen LogP contribution in [0.2, 0.25) is 5.02 Å². The minimum Gasteiger partial charge on any atom is -0.495 e. The van der Waals surface area contributed by atoms with Crippen LogP contribution in [0.1, 0.15) is 10.4 Å². The van der Waals surface area contributed by atoms with Crippen molar-refractivity contribution in [2.75, 3.05) is 12.4 Å². The molecule has 0 spiro atoms. The predicted octanol–water partition coefficient (Wildman–Crippen LogP) is 3.76. The zero-order valence-electron chi connectivity index (χ0n) is 9.98. The summed E-state index contributed by atoms with van der Waals surface area (Å²) >= 11 is 9.12. The number of pyridine rings is 1. The third-order valence-corrected chi connectivity index (χ3v) is 3.07. The molecule has 0 saturated heterocycles. The second-order valence-electron chi connectivity index (χ2n) is 3.67. The van der Waals surface area contributed by atoms with Crippen molar-refractivity contribution in [2.24, 2.45) is 0 Å². The lowest BCUT2D eigenvalue weighted by molar-refractivity contribution is 0.102. The molecular formula is C13H10BrClN2O2. The van der Waals surface area contributed by atoms with Gasteiger partial charge in [0, 0.05) is 16.8 Å². The third kappa shape index (κ3) is 3.45. The van der Waals surface area contributed by atoms with Gasteiger partial charge in [0.05, 0.1) is 12.8 Å². The van der Waals surface area contributed by atoms with E-state index >= 15 is 0 Å². The normalized spacial score (nSPS) is 10.1. The molecule has 1 amide bonds. The topological polar surface area (TPSA) is 51.2 Å². The van der Waals surface area contributed by atoms with Crippen molar-refractivity contribution >= 4 is 39.1 Å². The highest BCUT2D eigenvalue weighted by Crippen LogP contribution is 2.28. The van der Waals surface area contributed by atoms with Crippen molar-refractivity contribution < 1.29 is 9.53 Å². The van der Waals surface area contributed by atoms with Crippen LogP contribution in [0.4, 0.5) is 5.69 Å². The molecule has 1 N–H and O–H groups in total. The van der Waals surface area contributed by atoms with E-state index in [1.54, 1.807) is 36.5 Å². The monoisotopic (exact) mass is 340 g/mol. The SMILES string of the molecule is COc1ccc(Cl)cc1NC(=O)c1ccnc(Br)c1. The molecule has 2 aromatic rings. The molecule has 98 valence electrons. The Balaban J connectivity index is 2.26. The Labute approximate surface area is 123 Å². The van der Waals surface area contributed by atoms with Crippen LogP contribution in [-0.4, -0.2) is 18.0 Å². The molecule has 1 heterocycles. The van der Waals surface area contributed by atoms with Gasteiger partial charge in [0.15, 0.2) is 0 Å². The summed E-state index contributed by atoms with van der Waals surface area (Å²) in [5, 5.41) is 3.27. The van der Waals surface area contributed by atoms with Crippen molar-refractivity contribution in [3.8, 4) is 5.75 Å². The minimum absolute atomic E-state index is 0.260. The number of ether oxygens (including phenoxy) is 1. The van der Waals surface area contributed by atoms with Crippen LogP contribution in [0.15, 0.2) is 41.1 Å². The number of amides is 1. The van der Waals surface area contributed by atoms with Crippen LogP contribution >= 0.6 is 27.5 Å². The van der Waals surface area contributed by atoms with Crippen LogP contribution in [0, 0.1) is 0 Å². The number of nitrogens with one attached hydrogen (secondary N) is 1. The lowest BCUT2D eigenvalue weighted by Crippen LogP contribution is -2.12. The summed E-state index contributed by atoms with van der Waals surface area (Å²) in [5.41, 5.74) is 1.01. The van der Waals surface area contributed by atoms with E-state index in [1.165, 1.54) is 7.11 Å². The van der Waals surface area contributed by atoms with Crippen molar-refractivity contribution in [3.05, 3.63) is 51.7 Å². The van der Waals surface area contributed by atoms with Gasteiger partial charge in [0.1, 0.15) is 10.4 Å². The van der Waals surface area contributed by atoms with E-state index in [0.717, 1.165) is 0 Å². The Morgan fingerprint density at radius 1 is 1.37 bits per heavy atom. The Morgan fingerprint density at radius 2 is 2.16 bits per heavy atom. The zero-order chi connectivity index (χ0) is 13.8. The van der Waals surface area contributed by atoms with E-state index in [4.69, 9.17) is 16.3 Å². The minimum atomic E-state index is -0.260. The number of nitrogens with zero attached hydrogens (tertiary/aromatic N) is 1. The molecule has 0 radical (unpaired) electrons. The highest BCUT2D eigenvalue weighted by atomic mass is 79.9. The summed E-state index contributed by atoms with van der Waals surface area (Å²) in [6.45, 7) is 0. The van der Waals surface area contributed by atoms with Gasteiger partial charge in [0.2, 0.25) is 0 Å². The summed E-state index contributed by atoms with van der Waals surface area (Å²) in [5.74, 6) is 0.287. The van der Waals surface area contributed by atoms with Crippen molar-refractivity contribution in [1.29, 1.82) is 0 Å². The van der Waals surface area contributed by atoms with Crippen molar-refractivity contribution in [3.63, 3.8) is 0 Å². The number of hydrogen-bond acceptors (Lipinski definition) is 3. The highest BCUT2D eigenvalue weighted by molar-refractivity contribution is 9.10. The second-order valence-corrected chi connectivity index (χ2v) is 4.91. The number of rotatable bonds is 3. The fourth-order valence-corrected chi connectivity index (χ4v) is 2.05. The van der Waals surface area contributed by atoms with Gasteiger partial charge in [-0.15, -0.1) is 0 Å². The van der Waals surface area contributed by atoms with E-state index in [-0.39, 0.29) is 5.91 Å². The van der Waals surface area contributed by atoms with Gasteiger partial charge in [-0.25, -0.2) is 4.98 Å². The maximum atomic E-state index is 12.1. The van der Waals surface area contributed by atoms with Gasteiger partial charge in [-0.2, -0.15) is 0 Å². The Hall–Kier alpha value is -1.59. The second kappa shape index (κ2) is 6.04. The fraction of sp³-hybridized carbons (Fsp3) is 0.0769. The summed E-state index contributed by atoms with van der Waals surface area (Å²) < 4.78 is 5.76. The molecule has 0 aliphatic rings. The number of carbonyl (C=O) groups is 1. The maximum Gasteiger partial charge on any atom is 0.255 e. The highest BCUT2D eigenvalue weighted by Gasteiger charge is 2.10. The predicted molar refractivity (Wildman–Crippen MR) is 77.9 cm³/mol. The quantitative estimate of drug-likeness (QED) is 0.865. The van der Waals surface area contributed by atoms with E-state index < -0.39 is 0 Å². The van der Waals surface area contributed by atoms with Crippen LogP contribution in [0.3, 0.4) is 0 Å². The number of anilines is 1. The molecule has 0 aliphatic heterocycles. The summed E-state index contributed by atoms with van der Waals surface area (Å²) in [6, 6.07) is 8.28. The number of aromatic nitrogens is 1. The summed E-state index contributed by atoms with van der Waals surface area (Å²) in [4.78, 5) is 16.1. The van der Waals surface area contributed by atoms with Gasteiger partial charge < -0.3 is 10.1 Å². The van der Waals surface area contributed by atoms with Crippen LogP contribution < -0.4 is 10.1 Å². The average Bonchev–Trinajstić information content (AvgIpc) is 2.39. The molecule has 0 aliphatic carbocycles. The molecule has 6 heteroatoms. The number of benzene rings is 1. The van der Waals surface area contributed by atoms with Crippen LogP contribution in [0.25, 0.3) is 0 Å². The van der Waals surface area contributed by atoms with Gasteiger partial charge in [0.25, 0.3) is 5.91 Å². The van der Waals surface area contributed by atoms with E-state index in [0.29, 0.717) is 26.6 Å². The first-order chi connectivity index (χ1) is 9.10. The molecule has 4 nitrogen and oxygen atoms in total. The average molecular weight is 342 g/mol. The standard InChI is InChI=1S/C13H10BrClN2O2/c1-19-11-3-2-9(15)7-10(11)17-13(18)8-4-5-16-12(14)6-8/h2-7H,1H3,(H,17,18). The Kier molecular flexibility index (Phi) is 4.39. The third-order valence-electron chi connectivity index (χ3n) is 2.40. The molecule has 1 aromatic carbocycles. The number of carbonyl (C=O) groups excluding carboxylic acids is 1. The van der Waals surface area contributed by atoms with Gasteiger partial charge >= 0.3 is 0 Å². The lowest BCUT2D eigenvalue weighted by atomic mass is 10.2. The van der Waals surface area contributed by atoms with Crippen molar-refractivity contribution in [2.45, 2.75) is 0 Å². The fourth-order valence-electron chi connectivity index (χ4n) is 1.52. The zero-order valence-corrected chi connectivity index (χ0v) is 12.3. The summed E-state index contributed by atoms with van der Waals surface area (Å²) in [6.07, 6.45) is 1.55. The number of methoxy groups -OCH3 is 1. The molecule has 0 saturated carbocycles. The van der Waals surface area contributed by atoms with Gasteiger partial charge in [-0.1, -0.05) is 11.6 Å². The first kappa shape index (κ1) is 13.8. The van der Waals surface area contributed by atoms with E-state index in [9.17, 15) is 4.79 Å². The van der Waals surface area contributed by atoms with Crippen LogP contribution in [-0.2, 0) is 0 Å². The number of hydrogen-bond donors (Lipinski definition) is 1. The van der Waals surface area contributed by atoms with E-state index in [2.05, 4.69) is 26.2 Å². The molecule has 0 fully saturated rings. The molecule has 0 bridgehead atoms. The molecule has 0 atom stereocenters. The largest absolute Gasteiger partial charge is 0.495 e. The first-order valence-electron chi connectivity index (χ1n) is 5.36. The molecule has 0 unspecified atom stereocenters. The molecule has 1 aromatic heterocycles. The lowest BCUT2D eigenvalue weighted by Gasteiger charge is -2.10. The first-order valence-corrected chi connectivity index (χ1v) is 6.53. The molecule has 19 heavy (non-hydrogen) atoms.